The van der Waals surface area contributed by atoms with Gasteiger partial charge in [0.2, 0.25) is 0 Å². The van der Waals surface area contributed by atoms with Crippen molar-refractivity contribution in [2.24, 2.45) is 0 Å². The first kappa shape index (κ1) is 10.4. The molecule has 3 rings (SSSR count). The summed E-state index contributed by atoms with van der Waals surface area (Å²) >= 11 is 0. The summed E-state index contributed by atoms with van der Waals surface area (Å²) in [4.78, 5) is 0. The van der Waals surface area contributed by atoms with Crippen LogP contribution in [0.25, 0.3) is 0 Å². The fraction of sp³-hybridized carbons (Fsp3) is 0.250. The van der Waals surface area contributed by atoms with Gasteiger partial charge in [0.1, 0.15) is 0 Å². The topological polar surface area (TPSA) is 12.0 Å². The van der Waals surface area contributed by atoms with Crippen LogP contribution in [0.2, 0.25) is 0 Å². The molecule has 0 fully saturated rings. The summed E-state index contributed by atoms with van der Waals surface area (Å²) in [5.74, 6) is 0. The van der Waals surface area contributed by atoms with Gasteiger partial charge in [-0.25, -0.2) is 0 Å². The summed E-state index contributed by atoms with van der Waals surface area (Å²) in [7, 11) is 0. The minimum Gasteiger partial charge on any atom is -0.378 e. The van der Waals surface area contributed by atoms with Crippen molar-refractivity contribution in [3.8, 4) is 0 Å². The van der Waals surface area contributed by atoms with E-state index < -0.39 is 0 Å². The van der Waals surface area contributed by atoms with Crippen molar-refractivity contribution in [2.75, 3.05) is 5.32 Å². The molecule has 2 aromatic rings. The van der Waals surface area contributed by atoms with Crippen LogP contribution in [0.3, 0.4) is 0 Å². The molecule has 0 saturated heterocycles. The van der Waals surface area contributed by atoms with Crippen LogP contribution in [0.1, 0.15) is 28.3 Å². The molecule has 0 spiro atoms. The maximum Gasteiger partial charge on any atom is 0.0555 e. The van der Waals surface area contributed by atoms with Crippen molar-refractivity contribution in [1.82, 2.24) is 0 Å². The molecule has 0 aromatic heterocycles. The van der Waals surface area contributed by atoms with E-state index in [4.69, 9.17) is 0 Å². The van der Waals surface area contributed by atoms with Gasteiger partial charge < -0.3 is 5.32 Å². The quantitative estimate of drug-likeness (QED) is 0.770. The van der Waals surface area contributed by atoms with E-state index in [1.807, 2.05) is 0 Å². The molecular formula is C16H17N. The lowest BCUT2D eigenvalue weighted by Gasteiger charge is -2.12. The third kappa shape index (κ3) is 1.93. The summed E-state index contributed by atoms with van der Waals surface area (Å²) in [6, 6.07) is 15.9. The number of benzene rings is 2. The highest BCUT2D eigenvalue weighted by Crippen LogP contribution is 2.34. The summed E-state index contributed by atoms with van der Waals surface area (Å²) in [5, 5.41) is 3.61. The Labute approximate surface area is 102 Å². The van der Waals surface area contributed by atoms with Crippen LogP contribution in [-0.2, 0) is 6.42 Å². The molecule has 0 saturated carbocycles. The van der Waals surface area contributed by atoms with Crippen molar-refractivity contribution >= 4 is 5.69 Å². The minimum atomic E-state index is 0.437. The monoisotopic (exact) mass is 223 g/mol. The standard InChI is InChI=1S/C16H17N/c1-11-4-3-5-13(8-11)16-10-14-9-12(2)6-7-15(14)17-16/h3-9,16-17H,10H2,1-2H3. The van der Waals surface area contributed by atoms with E-state index in [-0.39, 0.29) is 0 Å². The van der Waals surface area contributed by atoms with Crippen molar-refractivity contribution in [1.29, 1.82) is 0 Å². The lowest BCUT2D eigenvalue weighted by Crippen LogP contribution is -2.05. The SMILES string of the molecule is Cc1cccc(C2Cc3cc(C)ccc3N2)c1. The van der Waals surface area contributed by atoms with Crippen LogP contribution in [0.4, 0.5) is 5.69 Å². The largest absolute Gasteiger partial charge is 0.378 e. The highest BCUT2D eigenvalue weighted by molar-refractivity contribution is 5.59. The molecule has 1 nitrogen and oxygen atoms in total. The number of rotatable bonds is 1. The van der Waals surface area contributed by atoms with E-state index in [0.717, 1.165) is 6.42 Å². The number of nitrogens with one attached hydrogen (secondary N) is 1. The van der Waals surface area contributed by atoms with Gasteiger partial charge in [-0.2, -0.15) is 0 Å². The zero-order valence-corrected chi connectivity index (χ0v) is 10.3. The van der Waals surface area contributed by atoms with E-state index in [2.05, 4.69) is 61.6 Å². The Morgan fingerprint density at radius 3 is 2.65 bits per heavy atom. The van der Waals surface area contributed by atoms with E-state index in [1.54, 1.807) is 0 Å². The summed E-state index contributed by atoms with van der Waals surface area (Å²) in [6.45, 7) is 4.30. The molecule has 0 amide bonds. The molecule has 1 heteroatoms. The Bertz CT molecular complexity index is 557. The molecule has 1 atom stereocenters. The van der Waals surface area contributed by atoms with Crippen molar-refractivity contribution in [2.45, 2.75) is 26.3 Å². The second-order valence-corrected chi connectivity index (χ2v) is 4.98. The van der Waals surface area contributed by atoms with Gasteiger partial charge in [0, 0.05) is 5.69 Å². The van der Waals surface area contributed by atoms with Gasteiger partial charge in [-0.05, 0) is 37.5 Å². The summed E-state index contributed by atoms with van der Waals surface area (Å²) in [5.41, 5.74) is 6.80. The van der Waals surface area contributed by atoms with E-state index in [9.17, 15) is 0 Å². The number of hydrogen-bond donors (Lipinski definition) is 1. The second kappa shape index (κ2) is 3.92. The second-order valence-electron chi connectivity index (χ2n) is 4.98. The van der Waals surface area contributed by atoms with Gasteiger partial charge >= 0.3 is 0 Å². The van der Waals surface area contributed by atoms with Gasteiger partial charge in [0.25, 0.3) is 0 Å². The molecule has 1 unspecified atom stereocenters. The average molecular weight is 223 g/mol. The molecule has 1 aliphatic heterocycles. The smallest absolute Gasteiger partial charge is 0.0555 e. The third-order valence-corrected chi connectivity index (χ3v) is 3.46. The van der Waals surface area contributed by atoms with Gasteiger partial charge in [0.15, 0.2) is 0 Å². The third-order valence-electron chi connectivity index (χ3n) is 3.46. The Morgan fingerprint density at radius 1 is 1.00 bits per heavy atom. The molecule has 86 valence electrons. The van der Waals surface area contributed by atoms with Gasteiger partial charge in [-0.1, -0.05) is 47.5 Å². The number of hydrogen-bond acceptors (Lipinski definition) is 1. The first-order valence-electron chi connectivity index (χ1n) is 6.15. The minimum absolute atomic E-state index is 0.437. The lowest BCUT2D eigenvalue weighted by atomic mass is 10.0. The normalized spacial score (nSPS) is 17.6. The predicted octanol–water partition coefficient (Wildman–Crippen LogP) is 4.01. The Kier molecular flexibility index (Phi) is 2.40. The molecule has 1 aliphatic rings. The first-order chi connectivity index (χ1) is 8.22. The highest BCUT2D eigenvalue weighted by atomic mass is 14.9. The Hall–Kier alpha value is -1.76. The molecule has 2 aromatic carbocycles. The number of anilines is 1. The van der Waals surface area contributed by atoms with Crippen molar-refractivity contribution in [3.05, 3.63) is 64.7 Å². The number of fused-ring (bicyclic) bond motifs is 1. The summed E-state index contributed by atoms with van der Waals surface area (Å²) in [6.07, 6.45) is 1.10. The number of aryl methyl sites for hydroxylation is 2. The zero-order valence-electron chi connectivity index (χ0n) is 10.3. The maximum absolute atomic E-state index is 3.61. The van der Waals surface area contributed by atoms with Crippen molar-refractivity contribution in [3.63, 3.8) is 0 Å². The van der Waals surface area contributed by atoms with Crippen molar-refractivity contribution < 1.29 is 0 Å². The van der Waals surface area contributed by atoms with Crippen LogP contribution < -0.4 is 5.32 Å². The molecule has 0 aliphatic carbocycles. The molecule has 1 N–H and O–H groups in total. The molecule has 1 heterocycles. The van der Waals surface area contributed by atoms with E-state index in [0.29, 0.717) is 6.04 Å². The van der Waals surface area contributed by atoms with E-state index >= 15 is 0 Å². The fourth-order valence-electron chi connectivity index (χ4n) is 2.58. The lowest BCUT2D eigenvalue weighted by molar-refractivity contribution is 0.822. The van der Waals surface area contributed by atoms with Crippen LogP contribution in [0, 0.1) is 13.8 Å². The van der Waals surface area contributed by atoms with Crippen LogP contribution in [-0.4, -0.2) is 0 Å². The fourth-order valence-corrected chi connectivity index (χ4v) is 2.58. The maximum atomic E-state index is 3.61. The van der Waals surface area contributed by atoms with Gasteiger partial charge in [-0.15, -0.1) is 0 Å². The Morgan fingerprint density at radius 2 is 1.82 bits per heavy atom. The molecule has 17 heavy (non-hydrogen) atoms. The average Bonchev–Trinajstić information content (AvgIpc) is 2.72. The van der Waals surface area contributed by atoms with Crippen LogP contribution >= 0.6 is 0 Å². The van der Waals surface area contributed by atoms with E-state index in [1.165, 1.54) is 27.9 Å². The summed E-state index contributed by atoms with van der Waals surface area (Å²) < 4.78 is 0. The zero-order chi connectivity index (χ0) is 11.8. The van der Waals surface area contributed by atoms with Crippen LogP contribution in [0.5, 0.6) is 0 Å². The first-order valence-corrected chi connectivity index (χ1v) is 6.15. The molecule has 0 radical (unpaired) electrons. The molecule has 0 bridgehead atoms. The molecular weight excluding hydrogens is 206 g/mol. The van der Waals surface area contributed by atoms with Gasteiger partial charge in [0.05, 0.1) is 6.04 Å². The Balaban J connectivity index is 1.91. The highest BCUT2D eigenvalue weighted by Gasteiger charge is 2.21. The van der Waals surface area contributed by atoms with Crippen LogP contribution in [0.15, 0.2) is 42.5 Å². The predicted molar refractivity (Wildman–Crippen MR) is 72.4 cm³/mol. The van der Waals surface area contributed by atoms with Gasteiger partial charge in [-0.3, -0.25) is 0 Å².